The molecule has 1 aliphatic heterocycles. The van der Waals surface area contributed by atoms with Crippen molar-refractivity contribution in [2.75, 3.05) is 13.2 Å². The van der Waals surface area contributed by atoms with E-state index in [9.17, 15) is 19.5 Å². The minimum Gasteiger partial charge on any atom is -0.441 e. The maximum absolute atomic E-state index is 12.4. The van der Waals surface area contributed by atoms with Crippen LogP contribution >= 0.6 is 0 Å². The van der Waals surface area contributed by atoms with E-state index < -0.39 is 18.1 Å². The fourth-order valence-corrected chi connectivity index (χ4v) is 3.50. The maximum Gasteiger partial charge on any atom is 0.405 e. The van der Waals surface area contributed by atoms with E-state index in [1.807, 2.05) is 6.07 Å². The smallest absolute Gasteiger partial charge is 0.405 e. The average Bonchev–Trinajstić information content (AvgIpc) is 2.95. The van der Waals surface area contributed by atoms with Gasteiger partial charge in [0.05, 0.1) is 11.1 Å². The van der Waals surface area contributed by atoms with Crippen molar-refractivity contribution in [2.45, 2.75) is 18.9 Å². The lowest BCUT2D eigenvalue weighted by atomic mass is 9.92. The molecule has 3 N–H and O–H groups in total. The highest BCUT2D eigenvalue weighted by Crippen LogP contribution is 2.30. The number of aliphatic hydroxyl groups is 1. The third-order valence-electron chi connectivity index (χ3n) is 4.87. The van der Waals surface area contributed by atoms with Gasteiger partial charge in [-0.15, -0.1) is 0 Å². The number of benzene rings is 2. The topological polar surface area (TPSA) is 110 Å². The Morgan fingerprint density at radius 3 is 2.11 bits per heavy atom. The molecule has 0 saturated heterocycles. The molecule has 2 unspecified atom stereocenters. The fraction of sp³-hybridized carbons (Fsp3) is 0.286. The van der Waals surface area contributed by atoms with E-state index in [2.05, 4.69) is 0 Å². The van der Waals surface area contributed by atoms with Crippen molar-refractivity contribution >= 4 is 17.9 Å². The van der Waals surface area contributed by atoms with Gasteiger partial charge in [0.1, 0.15) is 6.10 Å². The minimum atomic E-state index is -0.923. The fourth-order valence-electron chi connectivity index (χ4n) is 3.50. The van der Waals surface area contributed by atoms with Crippen LogP contribution in [-0.2, 0) is 4.74 Å². The summed E-state index contributed by atoms with van der Waals surface area (Å²) in [6, 6.07) is 15.8. The number of imide groups is 1. The first kappa shape index (κ1) is 19.6. The predicted molar refractivity (Wildman–Crippen MR) is 101 cm³/mol. The summed E-state index contributed by atoms with van der Waals surface area (Å²) in [6.07, 6.45) is -0.725. The third kappa shape index (κ3) is 4.04. The molecular formula is C21H22N2O5. The summed E-state index contributed by atoms with van der Waals surface area (Å²) in [5, 5.41) is 9.83. The molecule has 2 aromatic rings. The predicted octanol–water partition coefficient (Wildman–Crippen LogP) is 2.51. The Morgan fingerprint density at radius 1 is 1.00 bits per heavy atom. The molecule has 0 aromatic heterocycles. The number of nitrogens with zero attached hydrogens (tertiary/aromatic N) is 1. The van der Waals surface area contributed by atoms with Crippen LogP contribution in [0.15, 0.2) is 54.6 Å². The lowest BCUT2D eigenvalue weighted by Crippen LogP contribution is -2.32. The maximum atomic E-state index is 12.4. The Kier molecular flexibility index (Phi) is 6.06. The van der Waals surface area contributed by atoms with E-state index in [1.54, 1.807) is 48.5 Å². The second kappa shape index (κ2) is 8.67. The van der Waals surface area contributed by atoms with E-state index in [0.29, 0.717) is 24.0 Å². The standard InChI is InChI=1S/C21H22N2O5/c22-21(27)28-18(14-7-2-1-3-8-14)15(13-24)9-6-12-23-19(25)16-10-4-5-11-17(16)20(23)26/h1-5,7-8,10-11,15,18,24H,6,9,12-13H2,(H2,22,27). The molecule has 0 spiro atoms. The van der Waals surface area contributed by atoms with Gasteiger partial charge in [-0.3, -0.25) is 14.5 Å². The molecule has 2 atom stereocenters. The SMILES string of the molecule is NC(=O)OC(c1ccccc1)C(CO)CCCN1C(=O)c2ccccc2C1=O. The zero-order valence-corrected chi connectivity index (χ0v) is 15.3. The van der Waals surface area contributed by atoms with Crippen LogP contribution < -0.4 is 5.73 Å². The van der Waals surface area contributed by atoms with Crippen molar-refractivity contribution < 1.29 is 24.2 Å². The van der Waals surface area contributed by atoms with Crippen molar-refractivity contribution in [1.29, 1.82) is 0 Å². The normalized spacial score (nSPS) is 15.2. The summed E-state index contributed by atoms with van der Waals surface area (Å²) >= 11 is 0. The first-order valence-electron chi connectivity index (χ1n) is 9.10. The lowest BCUT2D eigenvalue weighted by molar-refractivity contribution is 0.0372. The summed E-state index contributed by atoms with van der Waals surface area (Å²) in [5.41, 5.74) is 6.73. The third-order valence-corrected chi connectivity index (χ3v) is 4.87. The summed E-state index contributed by atoms with van der Waals surface area (Å²) in [5.74, 6) is -1.03. The molecule has 0 fully saturated rings. The van der Waals surface area contributed by atoms with Gasteiger partial charge in [-0.2, -0.15) is 0 Å². The molecule has 0 saturated carbocycles. The quantitative estimate of drug-likeness (QED) is 0.682. The Hall–Kier alpha value is -3.19. The molecular weight excluding hydrogens is 360 g/mol. The zero-order chi connectivity index (χ0) is 20.1. The number of rotatable bonds is 8. The van der Waals surface area contributed by atoms with Crippen molar-refractivity contribution in [2.24, 2.45) is 11.7 Å². The summed E-state index contributed by atoms with van der Waals surface area (Å²) < 4.78 is 5.24. The number of hydrogen-bond donors (Lipinski definition) is 2. The molecule has 3 rings (SSSR count). The van der Waals surface area contributed by atoms with Gasteiger partial charge in [0.25, 0.3) is 11.8 Å². The number of carbonyl (C=O) groups excluding carboxylic acids is 3. The highest BCUT2D eigenvalue weighted by atomic mass is 16.6. The Balaban J connectivity index is 1.66. The Bertz CT molecular complexity index is 833. The van der Waals surface area contributed by atoms with Crippen LogP contribution in [0.3, 0.4) is 0 Å². The van der Waals surface area contributed by atoms with E-state index in [0.717, 1.165) is 5.56 Å². The number of nitrogens with two attached hydrogens (primary N) is 1. The van der Waals surface area contributed by atoms with Gasteiger partial charge in [0, 0.05) is 19.1 Å². The largest absolute Gasteiger partial charge is 0.441 e. The second-order valence-electron chi connectivity index (χ2n) is 6.66. The summed E-state index contributed by atoms with van der Waals surface area (Å²) in [6.45, 7) is -0.00408. The molecule has 3 amide bonds. The summed E-state index contributed by atoms with van der Waals surface area (Å²) in [4.78, 5) is 37.4. The molecule has 146 valence electrons. The number of aliphatic hydroxyl groups excluding tert-OH is 1. The molecule has 0 aliphatic carbocycles. The molecule has 1 heterocycles. The summed E-state index contributed by atoms with van der Waals surface area (Å²) in [7, 11) is 0. The number of fused-ring (bicyclic) bond motifs is 1. The van der Waals surface area contributed by atoms with Gasteiger partial charge in [-0.05, 0) is 30.5 Å². The van der Waals surface area contributed by atoms with Crippen LogP contribution in [0.25, 0.3) is 0 Å². The number of carbonyl (C=O) groups is 3. The number of hydrogen-bond acceptors (Lipinski definition) is 5. The van der Waals surface area contributed by atoms with Gasteiger partial charge in [-0.25, -0.2) is 4.79 Å². The number of primary amides is 1. The van der Waals surface area contributed by atoms with Gasteiger partial charge in [0.15, 0.2) is 0 Å². The van der Waals surface area contributed by atoms with Crippen molar-refractivity contribution in [3.8, 4) is 0 Å². The van der Waals surface area contributed by atoms with Gasteiger partial charge < -0.3 is 15.6 Å². The van der Waals surface area contributed by atoms with Crippen LogP contribution in [0.1, 0.15) is 45.2 Å². The highest BCUT2D eigenvalue weighted by molar-refractivity contribution is 6.21. The van der Waals surface area contributed by atoms with Gasteiger partial charge in [0.2, 0.25) is 0 Å². The molecule has 0 bridgehead atoms. The first-order chi connectivity index (χ1) is 13.5. The Morgan fingerprint density at radius 2 is 1.57 bits per heavy atom. The van der Waals surface area contributed by atoms with E-state index in [4.69, 9.17) is 10.5 Å². The average molecular weight is 382 g/mol. The first-order valence-corrected chi connectivity index (χ1v) is 9.10. The minimum absolute atomic E-state index is 0.223. The van der Waals surface area contributed by atoms with Crippen LogP contribution in [0.5, 0.6) is 0 Å². The van der Waals surface area contributed by atoms with Crippen molar-refractivity contribution in [3.05, 3.63) is 71.3 Å². The monoisotopic (exact) mass is 382 g/mol. The molecule has 7 heteroatoms. The van der Waals surface area contributed by atoms with E-state index >= 15 is 0 Å². The van der Waals surface area contributed by atoms with Gasteiger partial charge in [-0.1, -0.05) is 42.5 Å². The number of ether oxygens (including phenoxy) is 1. The molecule has 1 aliphatic rings. The number of amides is 3. The van der Waals surface area contributed by atoms with Crippen LogP contribution in [0, 0.1) is 5.92 Å². The zero-order valence-electron chi connectivity index (χ0n) is 15.3. The van der Waals surface area contributed by atoms with Gasteiger partial charge >= 0.3 is 6.09 Å². The van der Waals surface area contributed by atoms with Crippen molar-refractivity contribution in [3.63, 3.8) is 0 Å². The van der Waals surface area contributed by atoms with Crippen LogP contribution in [0.2, 0.25) is 0 Å². The Labute approximate surface area is 162 Å². The second-order valence-corrected chi connectivity index (χ2v) is 6.66. The molecule has 2 aromatic carbocycles. The van der Waals surface area contributed by atoms with E-state index in [1.165, 1.54) is 4.90 Å². The molecule has 7 nitrogen and oxygen atoms in total. The van der Waals surface area contributed by atoms with Crippen LogP contribution in [0.4, 0.5) is 4.79 Å². The van der Waals surface area contributed by atoms with E-state index in [-0.39, 0.29) is 25.0 Å². The molecule has 28 heavy (non-hydrogen) atoms. The van der Waals surface area contributed by atoms with Crippen molar-refractivity contribution in [1.82, 2.24) is 4.90 Å². The highest BCUT2D eigenvalue weighted by Gasteiger charge is 2.35. The van der Waals surface area contributed by atoms with Crippen LogP contribution in [-0.4, -0.2) is 41.1 Å². The lowest BCUT2D eigenvalue weighted by Gasteiger charge is -2.26. The molecule has 0 radical (unpaired) electrons.